The molecule has 9 nitrogen and oxygen atoms in total. The molecule has 1 amide bonds. The number of Topliss-reactive ketones (excluding diaryl/α,β-unsaturated/α-hetero) is 1. The van der Waals surface area contributed by atoms with Gasteiger partial charge in [0.1, 0.15) is 12.4 Å². The van der Waals surface area contributed by atoms with Crippen molar-refractivity contribution in [1.82, 2.24) is 9.55 Å². The molecule has 0 atom stereocenters. The number of nitro groups is 1. The number of carbonyl (C=O) groups is 2. The largest absolute Gasteiger partial charge is 0.321 e. The number of ketones is 1. The summed E-state index contributed by atoms with van der Waals surface area (Å²) in [6, 6.07) is 14.8. The number of nitro benzene ring substituents is 1. The van der Waals surface area contributed by atoms with Crippen molar-refractivity contribution >= 4 is 34.0 Å². The van der Waals surface area contributed by atoms with Crippen LogP contribution in [0.2, 0.25) is 0 Å². The van der Waals surface area contributed by atoms with E-state index in [9.17, 15) is 19.7 Å². The van der Waals surface area contributed by atoms with Crippen LogP contribution in [-0.4, -0.2) is 26.2 Å². The first-order chi connectivity index (χ1) is 15.0. The average Bonchev–Trinajstić information content (AvgIpc) is 3.20. The van der Waals surface area contributed by atoms with E-state index in [1.54, 1.807) is 40.1 Å². The van der Waals surface area contributed by atoms with E-state index in [-0.39, 0.29) is 30.5 Å². The highest BCUT2D eigenvalue weighted by Gasteiger charge is 2.15. The van der Waals surface area contributed by atoms with E-state index in [0.717, 1.165) is 10.9 Å². The van der Waals surface area contributed by atoms with Gasteiger partial charge in [0.25, 0.3) is 11.6 Å². The maximum absolute atomic E-state index is 12.5. The standard InChI is InChI=1S/C22H17N5O4/c28-20(16-6-8-18(9-7-16)27(30)31)13-25-11-12-26(15-25)14-21(29)24-19-5-1-3-17-4-2-10-23-22(17)19/h1-12,15H,13-14H2/p+1. The predicted molar refractivity (Wildman–Crippen MR) is 112 cm³/mol. The van der Waals surface area contributed by atoms with Crippen LogP contribution in [0, 0.1) is 10.1 Å². The van der Waals surface area contributed by atoms with Gasteiger partial charge in [-0.05, 0) is 24.3 Å². The molecule has 1 N–H and O–H groups in total. The summed E-state index contributed by atoms with van der Waals surface area (Å²) in [7, 11) is 0. The Morgan fingerprint density at radius 1 is 1.10 bits per heavy atom. The number of aromatic nitrogens is 3. The van der Waals surface area contributed by atoms with Crippen molar-refractivity contribution in [1.29, 1.82) is 0 Å². The third kappa shape index (κ3) is 4.61. The molecule has 0 aliphatic carbocycles. The first-order valence-electron chi connectivity index (χ1n) is 9.46. The third-order valence-electron chi connectivity index (χ3n) is 4.71. The third-order valence-corrected chi connectivity index (χ3v) is 4.71. The van der Waals surface area contributed by atoms with Crippen molar-refractivity contribution in [3.05, 3.63) is 95.2 Å². The zero-order valence-corrected chi connectivity index (χ0v) is 16.3. The Morgan fingerprint density at radius 3 is 2.65 bits per heavy atom. The summed E-state index contributed by atoms with van der Waals surface area (Å²) in [6.45, 7) is 0.127. The molecule has 0 saturated carbocycles. The number of anilines is 1. The number of non-ortho nitro benzene ring substituents is 1. The number of imidazole rings is 1. The monoisotopic (exact) mass is 416 g/mol. The van der Waals surface area contributed by atoms with Crippen LogP contribution in [0.1, 0.15) is 10.4 Å². The SMILES string of the molecule is O=C(Cn1cc[n+](CC(=O)c2ccc([N+](=O)[O-])cc2)c1)Nc1cccc2cccnc12. The number of para-hydroxylation sites is 1. The first kappa shape index (κ1) is 19.9. The molecule has 2 aromatic carbocycles. The number of fused-ring (bicyclic) bond motifs is 1. The summed E-state index contributed by atoms with van der Waals surface area (Å²) in [5, 5.41) is 14.5. The second-order valence-electron chi connectivity index (χ2n) is 6.91. The number of benzene rings is 2. The normalized spacial score (nSPS) is 10.7. The molecule has 31 heavy (non-hydrogen) atoms. The second-order valence-corrected chi connectivity index (χ2v) is 6.91. The smallest absolute Gasteiger partial charge is 0.269 e. The van der Waals surface area contributed by atoms with E-state index in [1.165, 1.54) is 24.3 Å². The van der Waals surface area contributed by atoms with Gasteiger partial charge in [-0.1, -0.05) is 18.2 Å². The van der Waals surface area contributed by atoms with Gasteiger partial charge in [0.05, 0.1) is 16.1 Å². The summed E-state index contributed by atoms with van der Waals surface area (Å²) >= 11 is 0. The van der Waals surface area contributed by atoms with Gasteiger partial charge in [-0.2, -0.15) is 0 Å². The molecule has 0 aliphatic rings. The summed E-state index contributed by atoms with van der Waals surface area (Å²) in [5.41, 5.74) is 1.67. The van der Waals surface area contributed by atoms with Crippen molar-refractivity contribution in [3.63, 3.8) is 0 Å². The lowest BCUT2D eigenvalue weighted by molar-refractivity contribution is -0.682. The number of hydrogen-bond donors (Lipinski definition) is 1. The average molecular weight is 416 g/mol. The fourth-order valence-electron chi connectivity index (χ4n) is 3.21. The van der Waals surface area contributed by atoms with Crippen molar-refractivity contribution in [2.45, 2.75) is 13.1 Å². The molecular weight excluding hydrogens is 398 g/mol. The molecule has 0 fully saturated rings. The Kier molecular flexibility index (Phi) is 5.48. The number of rotatable bonds is 7. The minimum atomic E-state index is -0.511. The molecule has 0 aliphatic heterocycles. The summed E-state index contributed by atoms with van der Waals surface area (Å²) in [5.74, 6) is -0.411. The Bertz CT molecular complexity index is 1280. The van der Waals surface area contributed by atoms with Crippen LogP contribution in [0.3, 0.4) is 0 Å². The van der Waals surface area contributed by atoms with Crippen molar-refractivity contribution in [2.24, 2.45) is 0 Å². The molecule has 4 aromatic rings. The van der Waals surface area contributed by atoms with E-state index in [0.29, 0.717) is 11.3 Å². The van der Waals surface area contributed by atoms with Gasteiger partial charge >= 0.3 is 0 Å². The predicted octanol–water partition coefficient (Wildman–Crippen LogP) is 2.75. The fourth-order valence-corrected chi connectivity index (χ4v) is 3.21. The number of amides is 1. The minimum Gasteiger partial charge on any atom is -0.321 e. The van der Waals surface area contributed by atoms with Crippen LogP contribution >= 0.6 is 0 Å². The highest BCUT2D eigenvalue weighted by atomic mass is 16.6. The Morgan fingerprint density at radius 2 is 1.87 bits per heavy atom. The van der Waals surface area contributed by atoms with Crippen LogP contribution in [-0.2, 0) is 17.9 Å². The van der Waals surface area contributed by atoms with Gasteiger partial charge in [-0.3, -0.25) is 24.7 Å². The lowest BCUT2D eigenvalue weighted by atomic mass is 10.1. The van der Waals surface area contributed by atoms with Gasteiger partial charge in [-0.25, -0.2) is 9.13 Å². The van der Waals surface area contributed by atoms with Gasteiger partial charge in [0, 0.05) is 29.3 Å². The molecule has 0 radical (unpaired) electrons. The first-order valence-corrected chi connectivity index (χ1v) is 9.46. The molecule has 2 aromatic heterocycles. The number of carbonyl (C=O) groups excluding carboxylic acids is 2. The van der Waals surface area contributed by atoms with Crippen LogP contribution < -0.4 is 9.88 Å². The van der Waals surface area contributed by atoms with E-state index in [4.69, 9.17) is 0 Å². The van der Waals surface area contributed by atoms with Crippen molar-refractivity contribution in [3.8, 4) is 0 Å². The van der Waals surface area contributed by atoms with E-state index in [2.05, 4.69) is 10.3 Å². The minimum absolute atomic E-state index is 0.0552. The van der Waals surface area contributed by atoms with Crippen LogP contribution in [0.15, 0.2) is 79.5 Å². The van der Waals surface area contributed by atoms with Gasteiger partial charge in [-0.15, -0.1) is 0 Å². The van der Waals surface area contributed by atoms with E-state index in [1.807, 2.05) is 24.3 Å². The summed E-state index contributed by atoms with van der Waals surface area (Å²) < 4.78 is 3.31. The number of nitrogens with one attached hydrogen (secondary N) is 1. The molecular formula is C22H18N5O4+. The summed E-state index contributed by atoms with van der Waals surface area (Å²) in [4.78, 5) is 39.4. The lowest BCUT2D eigenvalue weighted by Gasteiger charge is -2.06. The van der Waals surface area contributed by atoms with E-state index >= 15 is 0 Å². The molecule has 0 saturated heterocycles. The molecule has 2 heterocycles. The highest BCUT2D eigenvalue weighted by Crippen LogP contribution is 2.20. The lowest BCUT2D eigenvalue weighted by Crippen LogP contribution is -2.36. The van der Waals surface area contributed by atoms with Crippen LogP contribution in [0.25, 0.3) is 10.9 Å². The maximum atomic E-state index is 12.5. The molecule has 154 valence electrons. The number of pyridine rings is 1. The molecule has 0 spiro atoms. The Hall–Kier alpha value is -4.40. The Labute approximate surface area is 176 Å². The topological polar surface area (TPSA) is 111 Å². The van der Waals surface area contributed by atoms with Gasteiger partial charge < -0.3 is 5.32 Å². The zero-order chi connectivity index (χ0) is 21.8. The number of hydrogen-bond acceptors (Lipinski definition) is 5. The quantitative estimate of drug-likeness (QED) is 0.216. The van der Waals surface area contributed by atoms with Gasteiger partial charge in [0.15, 0.2) is 13.1 Å². The van der Waals surface area contributed by atoms with Crippen molar-refractivity contribution in [2.75, 3.05) is 5.32 Å². The maximum Gasteiger partial charge on any atom is 0.269 e. The van der Waals surface area contributed by atoms with Gasteiger partial charge in [0.2, 0.25) is 12.1 Å². The van der Waals surface area contributed by atoms with Crippen LogP contribution in [0.4, 0.5) is 11.4 Å². The molecule has 0 unspecified atom stereocenters. The van der Waals surface area contributed by atoms with Crippen LogP contribution in [0.5, 0.6) is 0 Å². The summed E-state index contributed by atoms with van der Waals surface area (Å²) in [6.07, 6.45) is 6.72. The molecule has 9 heteroatoms. The molecule has 0 bridgehead atoms. The Balaban J connectivity index is 1.39. The zero-order valence-electron chi connectivity index (χ0n) is 16.3. The second kappa shape index (κ2) is 8.54. The number of nitrogens with zero attached hydrogens (tertiary/aromatic N) is 4. The molecule has 4 rings (SSSR count). The fraction of sp³-hybridized carbons (Fsp3) is 0.0909. The van der Waals surface area contributed by atoms with Crippen molar-refractivity contribution < 1.29 is 19.1 Å². The highest BCUT2D eigenvalue weighted by molar-refractivity contribution is 6.00. The van der Waals surface area contributed by atoms with E-state index < -0.39 is 4.92 Å².